The number of ketones is 1. The largest absolute Gasteiger partial charge is 0.294 e. The number of Topliss-reactive ketones (excluding diaryl/α,β-unsaturated/α-hetero) is 1. The van der Waals surface area contributed by atoms with Crippen LogP contribution < -0.4 is 0 Å². The van der Waals surface area contributed by atoms with Crippen LogP contribution in [0, 0.1) is 17.4 Å². The molecule has 1 nitrogen and oxygen atoms in total. The zero-order valence-corrected chi connectivity index (χ0v) is 12.7. The molecule has 0 unspecified atom stereocenters. The van der Waals surface area contributed by atoms with Crippen LogP contribution in [0.1, 0.15) is 27.0 Å². The van der Waals surface area contributed by atoms with Crippen molar-refractivity contribution in [2.75, 3.05) is 0 Å². The predicted octanol–water partition coefficient (Wildman–Crippen LogP) is 4.33. The highest BCUT2D eigenvalue weighted by molar-refractivity contribution is 14.1. The summed E-state index contributed by atoms with van der Waals surface area (Å²) >= 11 is 2.24. The fourth-order valence-electron chi connectivity index (χ4n) is 2.09. The van der Waals surface area contributed by atoms with Crippen molar-refractivity contribution in [3.63, 3.8) is 0 Å². The molecule has 0 saturated heterocycles. The first kappa shape index (κ1) is 13.3. The molecule has 0 spiro atoms. The Kier molecular flexibility index (Phi) is 4.17. The van der Waals surface area contributed by atoms with E-state index in [9.17, 15) is 4.79 Å². The van der Waals surface area contributed by atoms with Gasteiger partial charge >= 0.3 is 0 Å². The maximum atomic E-state index is 12.1. The van der Waals surface area contributed by atoms with Crippen molar-refractivity contribution in [2.45, 2.75) is 20.3 Å². The molecular weight excluding hydrogens is 335 g/mol. The summed E-state index contributed by atoms with van der Waals surface area (Å²) in [6.07, 6.45) is 0.475. The summed E-state index contributed by atoms with van der Waals surface area (Å²) in [5, 5.41) is 0. The maximum Gasteiger partial charge on any atom is 0.167 e. The Balaban J connectivity index is 2.18. The van der Waals surface area contributed by atoms with Crippen molar-refractivity contribution in [1.29, 1.82) is 0 Å². The van der Waals surface area contributed by atoms with Gasteiger partial charge in [-0.2, -0.15) is 0 Å². The second kappa shape index (κ2) is 5.65. The van der Waals surface area contributed by atoms with Crippen LogP contribution in [0.5, 0.6) is 0 Å². The second-order valence-corrected chi connectivity index (χ2v) is 5.85. The molecule has 0 aliphatic rings. The minimum absolute atomic E-state index is 0.177. The Hall–Kier alpha value is -1.16. The quantitative estimate of drug-likeness (QED) is 0.595. The Morgan fingerprint density at radius 3 is 2.11 bits per heavy atom. The van der Waals surface area contributed by atoms with E-state index < -0.39 is 0 Å². The van der Waals surface area contributed by atoms with Crippen molar-refractivity contribution in [3.8, 4) is 0 Å². The average Bonchev–Trinajstić information content (AvgIpc) is 2.28. The lowest BCUT2D eigenvalue weighted by molar-refractivity contribution is 0.0993. The van der Waals surface area contributed by atoms with E-state index in [4.69, 9.17) is 0 Å². The molecule has 92 valence electrons. The minimum atomic E-state index is 0.177. The van der Waals surface area contributed by atoms with Gasteiger partial charge in [-0.3, -0.25) is 4.79 Å². The molecule has 2 heteroatoms. The molecule has 2 aromatic rings. The van der Waals surface area contributed by atoms with Gasteiger partial charge in [0.1, 0.15) is 0 Å². The first-order valence-corrected chi connectivity index (χ1v) is 6.98. The first-order valence-electron chi connectivity index (χ1n) is 5.90. The van der Waals surface area contributed by atoms with E-state index in [-0.39, 0.29) is 5.78 Å². The molecule has 0 atom stereocenters. The summed E-state index contributed by atoms with van der Waals surface area (Å²) < 4.78 is 1.15. The van der Waals surface area contributed by atoms with Gasteiger partial charge < -0.3 is 0 Å². The molecule has 0 heterocycles. The number of halogens is 1. The van der Waals surface area contributed by atoms with Gasteiger partial charge in [-0.25, -0.2) is 0 Å². The summed E-state index contributed by atoms with van der Waals surface area (Å²) in [5.41, 5.74) is 4.30. The molecule has 0 radical (unpaired) electrons. The van der Waals surface area contributed by atoms with Crippen LogP contribution in [0.2, 0.25) is 0 Å². The normalized spacial score (nSPS) is 10.4. The molecule has 0 aromatic heterocycles. The molecule has 0 N–H and O–H groups in total. The second-order valence-electron chi connectivity index (χ2n) is 4.60. The first-order chi connectivity index (χ1) is 8.54. The molecule has 0 saturated carbocycles. The molecule has 0 aliphatic heterocycles. The molecular formula is C16H15IO. The van der Waals surface area contributed by atoms with Gasteiger partial charge in [0, 0.05) is 15.6 Å². The summed E-state index contributed by atoms with van der Waals surface area (Å²) in [5.74, 6) is 0.177. The van der Waals surface area contributed by atoms with Crippen LogP contribution in [-0.4, -0.2) is 5.78 Å². The zero-order chi connectivity index (χ0) is 13.1. The van der Waals surface area contributed by atoms with Crippen LogP contribution in [0.15, 0.2) is 42.5 Å². The lowest BCUT2D eigenvalue weighted by atomic mass is 10.00. The highest BCUT2D eigenvalue weighted by Gasteiger charge is 2.07. The van der Waals surface area contributed by atoms with Crippen LogP contribution in [0.3, 0.4) is 0 Å². The van der Waals surface area contributed by atoms with Gasteiger partial charge in [0.15, 0.2) is 5.78 Å². The van der Waals surface area contributed by atoms with Gasteiger partial charge in [-0.05, 0) is 54.1 Å². The number of aryl methyl sites for hydroxylation is 2. The third-order valence-corrected chi connectivity index (χ3v) is 3.53. The van der Waals surface area contributed by atoms with E-state index in [0.29, 0.717) is 6.42 Å². The third-order valence-electron chi connectivity index (χ3n) is 2.81. The van der Waals surface area contributed by atoms with E-state index in [1.54, 1.807) is 0 Å². The summed E-state index contributed by atoms with van der Waals surface area (Å²) in [7, 11) is 0. The van der Waals surface area contributed by atoms with Crippen LogP contribution >= 0.6 is 22.6 Å². The van der Waals surface area contributed by atoms with Gasteiger partial charge in [-0.15, -0.1) is 0 Å². The maximum absolute atomic E-state index is 12.1. The SMILES string of the molecule is Cc1cc(C)cc(CC(=O)c2ccc(I)cc2)c1. The number of carbonyl (C=O) groups is 1. The van der Waals surface area contributed by atoms with E-state index >= 15 is 0 Å². The Bertz CT molecular complexity index is 550. The number of rotatable bonds is 3. The van der Waals surface area contributed by atoms with Crippen LogP contribution in [0.25, 0.3) is 0 Å². The van der Waals surface area contributed by atoms with Crippen molar-refractivity contribution in [2.24, 2.45) is 0 Å². The number of carbonyl (C=O) groups excluding carboxylic acids is 1. The Morgan fingerprint density at radius 2 is 1.56 bits per heavy atom. The Morgan fingerprint density at radius 1 is 1.00 bits per heavy atom. The lowest BCUT2D eigenvalue weighted by Gasteiger charge is -2.05. The predicted molar refractivity (Wildman–Crippen MR) is 83.1 cm³/mol. The topological polar surface area (TPSA) is 17.1 Å². The van der Waals surface area contributed by atoms with Crippen LogP contribution in [0.4, 0.5) is 0 Å². The Labute approximate surface area is 121 Å². The molecule has 2 rings (SSSR count). The van der Waals surface area contributed by atoms with Gasteiger partial charge in [-0.1, -0.05) is 41.5 Å². The zero-order valence-electron chi connectivity index (χ0n) is 10.5. The molecule has 0 amide bonds. The van der Waals surface area contributed by atoms with E-state index in [2.05, 4.69) is 54.6 Å². The summed E-state index contributed by atoms with van der Waals surface area (Å²) in [6.45, 7) is 4.12. The van der Waals surface area contributed by atoms with Crippen molar-refractivity contribution in [1.82, 2.24) is 0 Å². The summed E-state index contributed by atoms with van der Waals surface area (Å²) in [4.78, 5) is 12.1. The van der Waals surface area contributed by atoms with Crippen molar-refractivity contribution in [3.05, 3.63) is 68.3 Å². The van der Waals surface area contributed by atoms with Gasteiger partial charge in [0.05, 0.1) is 0 Å². The number of hydrogen-bond donors (Lipinski definition) is 0. The molecule has 0 aliphatic carbocycles. The monoisotopic (exact) mass is 350 g/mol. The van der Waals surface area contributed by atoms with E-state index in [0.717, 1.165) is 14.7 Å². The lowest BCUT2D eigenvalue weighted by Crippen LogP contribution is -2.04. The average molecular weight is 350 g/mol. The molecule has 18 heavy (non-hydrogen) atoms. The number of hydrogen-bond acceptors (Lipinski definition) is 1. The van der Waals surface area contributed by atoms with E-state index in [1.165, 1.54) is 11.1 Å². The van der Waals surface area contributed by atoms with Crippen LogP contribution in [-0.2, 0) is 6.42 Å². The van der Waals surface area contributed by atoms with Gasteiger partial charge in [0.25, 0.3) is 0 Å². The highest BCUT2D eigenvalue weighted by atomic mass is 127. The van der Waals surface area contributed by atoms with Crippen molar-refractivity contribution >= 4 is 28.4 Å². The van der Waals surface area contributed by atoms with Crippen molar-refractivity contribution < 1.29 is 4.79 Å². The van der Waals surface area contributed by atoms with Gasteiger partial charge in [0.2, 0.25) is 0 Å². The highest BCUT2D eigenvalue weighted by Crippen LogP contribution is 2.13. The fourth-order valence-corrected chi connectivity index (χ4v) is 2.45. The van der Waals surface area contributed by atoms with E-state index in [1.807, 2.05) is 24.3 Å². The summed E-state index contributed by atoms with van der Waals surface area (Å²) in [6, 6.07) is 14.0. The minimum Gasteiger partial charge on any atom is -0.294 e. The fraction of sp³-hybridized carbons (Fsp3) is 0.188. The third kappa shape index (κ3) is 3.42. The molecule has 2 aromatic carbocycles. The molecule has 0 bridgehead atoms. The standard InChI is InChI=1S/C16H15IO/c1-11-7-12(2)9-13(8-11)10-16(18)14-3-5-15(17)6-4-14/h3-9H,10H2,1-2H3. The molecule has 0 fully saturated rings. The smallest absolute Gasteiger partial charge is 0.167 e. The number of benzene rings is 2.